The molecule has 7 heteroatoms. The molecule has 19 heavy (non-hydrogen) atoms. The first-order valence-electron chi connectivity index (χ1n) is 5.68. The number of anilines is 1. The lowest BCUT2D eigenvalue weighted by molar-refractivity contribution is 0.889. The van der Waals surface area contributed by atoms with Gasteiger partial charge in [0.05, 0.1) is 4.47 Å². The van der Waals surface area contributed by atoms with E-state index in [9.17, 15) is 0 Å². The topological polar surface area (TPSA) is 50.7 Å². The summed E-state index contributed by atoms with van der Waals surface area (Å²) in [5, 5.41) is 5.75. The lowest BCUT2D eigenvalue weighted by atomic mass is 10.5. The average Bonchev–Trinajstić information content (AvgIpc) is 2.41. The molecule has 0 aromatic carbocycles. The zero-order valence-electron chi connectivity index (χ0n) is 10.6. The molecule has 0 unspecified atom stereocenters. The first-order chi connectivity index (χ1) is 9.22. The average molecular weight is 357 g/mol. The van der Waals surface area contributed by atoms with E-state index in [1.807, 2.05) is 31.4 Å². The van der Waals surface area contributed by atoms with Crippen molar-refractivity contribution in [1.82, 2.24) is 15.0 Å². The third kappa shape index (κ3) is 4.09. The van der Waals surface area contributed by atoms with Gasteiger partial charge in [-0.25, -0.2) is 15.0 Å². The third-order valence-corrected chi connectivity index (χ3v) is 4.54. The summed E-state index contributed by atoms with van der Waals surface area (Å²) in [4.78, 5) is 13.2. The van der Waals surface area contributed by atoms with E-state index in [2.05, 4.69) is 36.2 Å². The standard InChI is InChI=1S/C12H13BrN4S2/c1-3-14-9-7-10(17-12(16-9)18-2)19-11-8(13)5-4-6-15-11/h4-7H,3H2,1-2H3,(H,14,16,17). The zero-order chi connectivity index (χ0) is 13.7. The highest BCUT2D eigenvalue weighted by molar-refractivity contribution is 9.10. The molecule has 2 rings (SSSR count). The fourth-order valence-corrected chi connectivity index (χ4v) is 3.08. The van der Waals surface area contributed by atoms with Crippen LogP contribution < -0.4 is 5.32 Å². The fraction of sp³-hybridized carbons (Fsp3) is 0.250. The number of nitrogens with zero attached hydrogens (tertiary/aromatic N) is 3. The van der Waals surface area contributed by atoms with Gasteiger partial charge in [-0.15, -0.1) is 0 Å². The van der Waals surface area contributed by atoms with Gasteiger partial charge in [-0.3, -0.25) is 0 Å². The Kier molecular flexibility index (Phi) is 5.47. The van der Waals surface area contributed by atoms with E-state index >= 15 is 0 Å². The molecule has 0 saturated heterocycles. The van der Waals surface area contributed by atoms with Crippen molar-refractivity contribution in [2.75, 3.05) is 18.1 Å². The zero-order valence-corrected chi connectivity index (χ0v) is 13.8. The van der Waals surface area contributed by atoms with Gasteiger partial charge in [0.1, 0.15) is 15.9 Å². The fourth-order valence-electron chi connectivity index (χ4n) is 1.36. The summed E-state index contributed by atoms with van der Waals surface area (Å²) in [5.41, 5.74) is 0. The van der Waals surface area contributed by atoms with Crippen molar-refractivity contribution in [1.29, 1.82) is 0 Å². The summed E-state index contributed by atoms with van der Waals surface area (Å²) < 4.78 is 0.967. The van der Waals surface area contributed by atoms with E-state index < -0.39 is 0 Å². The Morgan fingerprint density at radius 3 is 2.89 bits per heavy atom. The maximum Gasteiger partial charge on any atom is 0.190 e. The molecule has 0 amide bonds. The third-order valence-electron chi connectivity index (χ3n) is 2.15. The van der Waals surface area contributed by atoms with Crippen molar-refractivity contribution in [2.24, 2.45) is 0 Å². The SMILES string of the molecule is CCNc1cc(Sc2ncccc2Br)nc(SC)n1. The summed E-state index contributed by atoms with van der Waals surface area (Å²) in [6.45, 7) is 2.88. The monoisotopic (exact) mass is 356 g/mol. The molecule has 0 aliphatic rings. The molecular weight excluding hydrogens is 344 g/mol. The van der Waals surface area contributed by atoms with Crippen LogP contribution in [0.1, 0.15) is 6.92 Å². The summed E-state index contributed by atoms with van der Waals surface area (Å²) in [7, 11) is 0. The minimum absolute atomic E-state index is 0.757. The number of aromatic nitrogens is 3. The number of hydrogen-bond donors (Lipinski definition) is 1. The van der Waals surface area contributed by atoms with E-state index in [1.165, 1.54) is 23.5 Å². The van der Waals surface area contributed by atoms with E-state index in [0.29, 0.717) is 0 Å². The molecule has 2 heterocycles. The van der Waals surface area contributed by atoms with Gasteiger partial charge in [0.15, 0.2) is 5.16 Å². The Labute approximate surface area is 129 Å². The van der Waals surface area contributed by atoms with Gasteiger partial charge in [0.2, 0.25) is 0 Å². The van der Waals surface area contributed by atoms with Gasteiger partial charge >= 0.3 is 0 Å². The largest absolute Gasteiger partial charge is 0.370 e. The van der Waals surface area contributed by atoms with Crippen molar-refractivity contribution < 1.29 is 0 Å². The maximum absolute atomic E-state index is 4.48. The minimum Gasteiger partial charge on any atom is -0.370 e. The van der Waals surface area contributed by atoms with Crippen molar-refractivity contribution in [3.8, 4) is 0 Å². The molecule has 0 fully saturated rings. The lowest BCUT2D eigenvalue weighted by Crippen LogP contribution is -2.01. The van der Waals surface area contributed by atoms with Crippen molar-refractivity contribution >= 4 is 45.3 Å². The molecule has 100 valence electrons. The van der Waals surface area contributed by atoms with E-state index in [0.717, 1.165) is 32.0 Å². The molecule has 4 nitrogen and oxygen atoms in total. The van der Waals surface area contributed by atoms with Crippen LogP contribution in [0.2, 0.25) is 0 Å². The highest BCUT2D eigenvalue weighted by Gasteiger charge is 2.08. The molecular formula is C12H13BrN4S2. The van der Waals surface area contributed by atoms with Crippen LogP contribution >= 0.6 is 39.5 Å². The molecule has 0 saturated carbocycles. The van der Waals surface area contributed by atoms with E-state index in [-0.39, 0.29) is 0 Å². The Hall–Kier alpha value is -0.790. The van der Waals surface area contributed by atoms with Gasteiger partial charge in [0.25, 0.3) is 0 Å². The van der Waals surface area contributed by atoms with Crippen LogP contribution in [0.5, 0.6) is 0 Å². The Bertz CT molecular complexity index is 565. The van der Waals surface area contributed by atoms with E-state index in [1.54, 1.807) is 6.20 Å². The predicted octanol–water partition coefficient (Wildman–Crippen LogP) is 3.94. The second-order valence-electron chi connectivity index (χ2n) is 3.50. The van der Waals surface area contributed by atoms with Gasteiger partial charge in [-0.05, 0) is 53.0 Å². The van der Waals surface area contributed by atoms with Crippen LogP contribution in [0.3, 0.4) is 0 Å². The summed E-state index contributed by atoms with van der Waals surface area (Å²) in [5.74, 6) is 0.844. The summed E-state index contributed by atoms with van der Waals surface area (Å²) in [6, 6.07) is 5.80. The number of rotatable bonds is 5. The Balaban J connectivity index is 2.29. The van der Waals surface area contributed by atoms with Crippen LogP contribution in [-0.2, 0) is 0 Å². The summed E-state index contributed by atoms with van der Waals surface area (Å²) in [6.07, 6.45) is 3.74. The second-order valence-corrected chi connectivity index (χ2v) is 6.14. The molecule has 0 atom stereocenters. The number of halogens is 1. The predicted molar refractivity (Wildman–Crippen MR) is 84.0 cm³/mol. The number of thioether (sulfide) groups is 1. The molecule has 0 aliphatic carbocycles. The molecule has 0 aliphatic heterocycles. The Morgan fingerprint density at radius 2 is 2.21 bits per heavy atom. The first kappa shape index (κ1) is 14.6. The molecule has 2 aromatic rings. The number of pyridine rings is 1. The molecule has 0 radical (unpaired) electrons. The number of nitrogens with one attached hydrogen (secondary N) is 1. The smallest absolute Gasteiger partial charge is 0.190 e. The molecule has 2 aromatic heterocycles. The van der Waals surface area contributed by atoms with Gasteiger partial charge in [0, 0.05) is 18.8 Å². The van der Waals surface area contributed by atoms with Crippen LogP contribution in [0.15, 0.2) is 44.1 Å². The van der Waals surface area contributed by atoms with E-state index in [4.69, 9.17) is 0 Å². The highest BCUT2D eigenvalue weighted by Crippen LogP contribution is 2.31. The quantitative estimate of drug-likeness (QED) is 0.497. The van der Waals surface area contributed by atoms with Crippen molar-refractivity contribution in [3.63, 3.8) is 0 Å². The molecule has 0 spiro atoms. The van der Waals surface area contributed by atoms with Gasteiger partial charge in [-0.1, -0.05) is 11.8 Å². The normalized spacial score (nSPS) is 10.5. The van der Waals surface area contributed by atoms with Crippen molar-refractivity contribution in [3.05, 3.63) is 28.9 Å². The Morgan fingerprint density at radius 1 is 1.37 bits per heavy atom. The van der Waals surface area contributed by atoms with Gasteiger partial charge < -0.3 is 5.32 Å². The lowest BCUT2D eigenvalue weighted by Gasteiger charge is -2.07. The first-order valence-corrected chi connectivity index (χ1v) is 8.51. The van der Waals surface area contributed by atoms with Crippen LogP contribution in [0, 0.1) is 0 Å². The summed E-state index contributed by atoms with van der Waals surface area (Å²) >= 11 is 6.54. The highest BCUT2D eigenvalue weighted by atomic mass is 79.9. The second kappa shape index (κ2) is 7.12. The van der Waals surface area contributed by atoms with Crippen LogP contribution in [0.4, 0.5) is 5.82 Å². The van der Waals surface area contributed by atoms with Gasteiger partial charge in [-0.2, -0.15) is 0 Å². The maximum atomic E-state index is 4.48. The van der Waals surface area contributed by atoms with Crippen molar-refractivity contribution in [2.45, 2.75) is 22.1 Å². The van der Waals surface area contributed by atoms with Crippen LogP contribution in [-0.4, -0.2) is 27.8 Å². The van der Waals surface area contributed by atoms with Crippen LogP contribution in [0.25, 0.3) is 0 Å². The number of hydrogen-bond acceptors (Lipinski definition) is 6. The molecule has 0 bridgehead atoms. The minimum atomic E-state index is 0.757. The molecule has 1 N–H and O–H groups in total.